The molecule has 5 aromatic heterocycles. The van der Waals surface area contributed by atoms with E-state index in [0.717, 1.165) is 29.9 Å². The van der Waals surface area contributed by atoms with Crippen LogP contribution in [0.4, 0.5) is 0 Å². The van der Waals surface area contributed by atoms with Gasteiger partial charge in [0.05, 0.1) is 82.4 Å². The molecule has 12 heterocycles. The Labute approximate surface area is 746 Å². The molecular weight excluding hydrogens is 1960 g/mol. The Kier molecular flexibility index (Phi) is 33.5. The molecule has 15 N–H and O–H groups in total. The van der Waals surface area contributed by atoms with Crippen molar-refractivity contribution >= 4 is 130 Å². The number of aryl methyl sites for hydroxylation is 5. The number of aromatic amines is 5. The van der Waals surface area contributed by atoms with Crippen LogP contribution >= 0.6 is 59.4 Å². The normalized spacial score (nSPS) is 32.1. The van der Waals surface area contributed by atoms with Crippen LogP contribution in [0.5, 0.6) is 0 Å². The Balaban J connectivity index is 0.699. The van der Waals surface area contributed by atoms with E-state index >= 15 is 0 Å². The fourth-order valence-corrected chi connectivity index (χ4v) is 24.2. The van der Waals surface area contributed by atoms with Crippen molar-refractivity contribution in [2.75, 3.05) is 46.8 Å². The van der Waals surface area contributed by atoms with Crippen LogP contribution in [0, 0.1) is 34.6 Å². The van der Waals surface area contributed by atoms with Crippen molar-refractivity contribution in [2.24, 2.45) is 11.5 Å². The van der Waals surface area contributed by atoms with E-state index in [0.29, 0.717) is 6.42 Å². The average molecular weight is 2050 g/mol. The summed E-state index contributed by atoms with van der Waals surface area (Å²) >= 11 is 36.6. The Morgan fingerprint density at radius 3 is 0.786 bits per heavy atom. The molecule has 12 rings (SSSR count). The van der Waals surface area contributed by atoms with Crippen molar-refractivity contribution in [2.45, 2.75) is 222 Å². The highest BCUT2D eigenvalue weighted by Gasteiger charge is 2.51. The maximum absolute atomic E-state index is 14.6. The number of thiol groups is 1. The van der Waals surface area contributed by atoms with Crippen molar-refractivity contribution in [1.82, 2.24) is 47.8 Å². The highest BCUT2D eigenvalue weighted by Crippen LogP contribution is 2.60. The maximum atomic E-state index is 14.6. The molecule has 0 aliphatic carbocycles. The first-order valence-corrected chi connectivity index (χ1v) is 56.3. The minimum Gasteiger partial charge on any atom is -0.355 e. The molecule has 50 nitrogen and oxygen atoms in total. The SMILES string of the molecule is CC[C@H]1O[C@@H](n2cc(C)c(=O)[nH]c2=O)CC1OP(O)(=S)OC[C@H]1O[C@@H](n2cc(C)c(=O)[nH]c2=O)CC1OP(=O)(S)OC[C@H]1O[C@@H](n2cc(C)c(=O)[nH]c2=O)CC1OP(O)(=S)OC[C@H]1O[C@@H](N)CC1OP(O)(=S)OC[C@H]1O[C@@H](n2cc(C)c(=O)[nH]c2=O)CC1OP(O)(=S)OC[C@H]1O[C@@H](n2cc(C)c(=O)[nH]c2=O)CC1OP(O)(=S)OC[C@H]1O[C@@H](N)CC1OP(O)(=S)OC. The summed E-state index contributed by atoms with van der Waals surface area (Å²) in [5, 5.41) is 0. The molecule has 704 valence electrons. The first-order chi connectivity index (χ1) is 58.8. The second kappa shape index (κ2) is 41.5. The molecule has 28 atom stereocenters. The molecule has 0 bridgehead atoms. The molecule has 64 heteroatoms. The lowest BCUT2D eigenvalue weighted by Crippen LogP contribution is -2.33. The van der Waals surface area contributed by atoms with Gasteiger partial charge in [0.25, 0.3) is 27.8 Å². The number of nitrogens with two attached hydrogens (primary N) is 2. The van der Waals surface area contributed by atoms with Gasteiger partial charge in [-0.2, -0.15) is 0 Å². The summed E-state index contributed by atoms with van der Waals surface area (Å²) < 4.78 is 143. The molecular formula is C62H91N12O38P7S7. The number of H-pyrrole nitrogens is 5. The predicted molar refractivity (Wildman–Crippen MR) is 461 cm³/mol. The van der Waals surface area contributed by atoms with Gasteiger partial charge in [-0.15, -0.1) is 0 Å². The molecule has 126 heavy (non-hydrogen) atoms. The number of nitrogens with zero attached hydrogens (tertiary/aromatic N) is 5. The summed E-state index contributed by atoms with van der Waals surface area (Å²) in [4.78, 5) is 208. The molecule has 7 saturated heterocycles. The van der Waals surface area contributed by atoms with Crippen LogP contribution in [0.25, 0.3) is 0 Å². The van der Waals surface area contributed by atoms with Gasteiger partial charge in [-0.3, -0.25) is 80.8 Å². The number of ether oxygens (including phenoxy) is 7. The summed E-state index contributed by atoms with van der Waals surface area (Å²) in [6.07, 6.45) is -21.4. The van der Waals surface area contributed by atoms with Crippen molar-refractivity contribution in [3.05, 3.63) is 163 Å². The maximum Gasteiger partial charge on any atom is 0.386 e. The number of rotatable bonds is 39. The Morgan fingerprint density at radius 1 is 0.349 bits per heavy atom. The van der Waals surface area contributed by atoms with Gasteiger partial charge in [-0.05, 0) is 112 Å². The van der Waals surface area contributed by atoms with Crippen molar-refractivity contribution < 1.29 is 130 Å². The van der Waals surface area contributed by atoms with Gasteiger partial charge in [-0.25, -0.2) is 28.5 Å². The van der Waals surface area contributed by atoms with Crippen LogP contribution in [-0.2, 0) is 172 Å². The van der Waals surface area contributed by atoms with E-state index in [9.17, 15) is 81.9 Å². The van der Waals surface area contributed by atoms with Gasteiger partial charge in [0.1, 0.15) is 86.3 Å². The lowest BCUT2D eigenvalue weighted by Gasteiger charge is -2.28. The summed E-state index contributed by atoms with van der Waals surface area (Å²) in [7, 11) is 1.13. The predicted octanol–water partition coefficient (Wildman–Crippen LogP) is 0.0555. The van der Waals surface area contributed by atoms with Crippen molar-refractivity contribution in [3.8, 4) is 0 Å². The second-order valence-corrected chi connectivity index (χ2v) is 49.5. The molecule has 0 amide bonds. The number of hydrogen-bond acceptors (Lipinski definition) is 40. The van der Waals surface area contributed by atoms with Gasteiger partial charge in [0.2, 0.25) is 0 Å². The number of nitrogens with one attached hydrogen (secondary N) is 5. The topological polar surface area (TPSA) is 659 Å². The van der Waals surface area contributed by atoms with Crippen molar-refractivity contribution in [1.29, 1.82) is 0 Å². The quantitative estimate of drug-likeness (QED) is 0.0183. The molecule has 14 unspecified atom stereocenters. The summed E-state index contributed by atoms with van der Waals surface area (Å²) in [6, 6.07) is 0. The third-order valence-electron chi connectivity index (χ3n) is 20.6. The summed E-state index contributed by atoms with van der Waals surface area (Å²) in [6.45, 7) is -26.5. The molecule has 7 fully saturated rings. The Morgan fingerprint density at radius 2 is 0.548 bits per heavy atom. The van der Waals surface area contributed by atoms with Crippen LogP contribution in [0.1, 0.15) is 117 Å². The first kappa shape index (κ1) is 102. The molecule has 0 aromatic carbocycles. The lowest BCUT2D eigenvalue weighted by molar-refractivity contribution is -0.0544. The average Bonchev–Trinajstić information content (AvgIpc) is 1.66. The molecule has 7 aliphatic rings. The van der Waals surface area contributed by atoms with E-state index in [-0.39, 0.29) is 72.8 Å². The standard InChI is InChI=1S/C62H91N12O38P7S7/c1-8-32-35(11-48(101-32)70-16-27(2)53(75)65-58(70)80)108-115(87,122)96-24-43-39(15-52(103-43)74-20-31(6)57(79)69-62(74)84)112-119(91,126)98-26-45-37(13-50(105-45)72-18-29(4)55(77)67-60(72)82)110-117(89,124)94-22-41-34(10-47(64)100-41)107-114(86,121)95-23-42-38(14-51(102-42)73-19-30(5)56(78)68-61(73)83)111-118(90,125)97-25-44-36(12-49(104-44)71-17-28(3)54(76)66-59(71)81)109-116(88,123)93-21-40-33(9-46(63)99-40)106-113(85,120)92-7/h16-20,32-52H,8-15,21-26,63-64H2,1-7H3,(H,85,120)(H,86,121)(H,87,122)(H,88,123)(H,89,124)(H,90,125)(H,91,126)(H,65,75,80)(H,66,76,81)(H,67,77,82)(H,68,78,83)(H,69,79,84)/t32-,33?,34?,35?,36?,37?,38?,39?,40-,41-,42-,43-,44-,45-,46-,47-,48-,49-,50-,51-,52-,113?,114?,115?,116?,117?,118?,119?/m1/s1. The summed E-state index contributed by atoms with van der Waals surface area (Å²) in [5.41, 5.74) is 4.75. The minimum atomic E-state index is -4.76. The van der Waals surface area contributed by atoms with E-state index in [4.69, 9.17) is 179 Å². The van der Waals surface area contributed by atoms with Crippen molar-refractivity contribution in [3.63, 3.8) is 0 Å². The van der Waals surface area contributed by atoms with E-state index in [2.05, 4.69) is 37.2 Å². The van der Waals surface area contributed by atoms with E-state index < -0.39 is 272 Å². The zero-order valence-electron chi connectivity index (χ0n) is 67.1. The lowest BCUT2D eigenvalue weighted by atomic mass is 10.1. The molecule has 0 saturated carbocycles. The van der Waals surface area contributed by atoms with Crippen LogP contribution in [0.15, 0.2) is 78.9 Å². The van der Waals surface area contributed by atoms with Crippen LogP contribution < -0.4 is 67.7 Å². The van der Waals surface area contributed by atoms with Gasteiger partial charge in [0.15, 0.2) is 0 Å². The highest BCUT2D eigenvalue weighted by atomic mass is 32.7. The highest BCUT2D eigenvalue weighted by molar-refractivity contribution is 8.44. The van der Waals surface area contributed by atoms with E-state index in [1.165, 1.54) is 65.6 Å². The van der Waals surface area contributed by atoms with Gasteiger partial charge >= 0.3 is 75.6 Å². The first-order valence-electron chi connectivity index (χ1n) is 38.0. The largest absolute Gasteiger partial charge is 0.386 e. The molecule has 7 aliphatic heterocycles. The Hall–Kier alpha value is -3.28. The van der Waals surface area contributed by atoms with Crippen LogP contribution in [0.2, 0.25) is 0 Å². The zero-order chi connectivity index (χ0) is 92.0. The monoisotopic (exact) mass is 2050 g/mol. The molecule has 0 radical (unpaired) electrons. The zero-order valence-corrected chi connectivity index (χ0v) is 79.1. The Bertz CT molecular complexity index is 5860. The van der Waals surface area contributed by atoms with Gasteiger partial charge < -0.3 is 128 Å². The third kappa shape index (κ3) is 26.3. The minimum absolute atomic E-state index is 0.0231. The summed E-state index contributed by atoms with van der Waals surface area (Å²) in [5.74, 6) is 0. The van der Waals surface area contributed by atoms with E-state index in [1.807, 2.05) is 0 Å². The number of hydrogen-bond donors (Lipinski definition) is 14. The van der Waals surface area contributed by atoms with Crippen LogP contribution in [-0.4, -0.2) is 222 Å². The number of aromatic nitrogens is 10. The van der Waals surface area contributed by atoms with Crippen LogP contribution in [0.3, 0.4) is 0 Å². The third-order valence-corrected chi connectivity index (χ3v) is 31.8. The van der Waals surface area contributed by atoms with E-state index in [1.54, 1.807) is 6.92 Å². The fraction of sp³-hybridized carbons (Fsp3) is 0.677. The smallest absolute Gasteiger partial charge is 0.355 e. The fourth-order valence-electron chi connectivity index (χ4n) is 14.3. The second-order valence-electron chi connectivity index (χ2n) is 29.8. The molecule has 0 spiro atoms. The van der Waals surface area contributed by atoms with Gasteiger partial charge in [-0.1, -0.05) is 19.2 Å². The van der Waals surface area contributed by atoms with Gasteiger partial charge in [0, 0.05) is 111 Å². The molecule has 5 aromatic rings.